The topological polar surface area (TPSA) is 81.5 Å². The summed E-state index contributed by atoms with van der Waals surface area (Å²) in [4.78, 5) is 40.0. The average Bonchev–Trinajstić information content (AvgIpc) is 2.91. The van der Waals surface area contributed by atoms with E-state index in [1.807, 2.05) is 6.07 Å². The monoisotopic (exact) mass is 347 g/mol. The normalized spacial score (nSPS) is 12.7. The van der Waals surface area contributed by atoms with Gasteiger partial charge in [-0.25, -0.2) is 0 Å². The van der Waals surface area contributed by atoms with E-state index < -0.39 is 0 Å². The molecule has 0 aliphatic carbocycles. The quantitative estimate of drug-likeness (QED) is 0.778. The molecule has 0 saturated heterocycles. The van der Waals surface area contributed by atoms with E-state index in [9.17, 15) is 14.4 Å². The lowest BCUT2D eigenvalue weighted by molar-refractivity contribution is 0.0642. The van der Waals surface area contributed by atoms with Crippen LogP contribution in [0.4, 0.5) is 0 Å². The van der Waals surface area contributed by atoms with E-state index in [4.69, 9.17) is 5.26 Å². The summed E-state index contributed by atoms with van der Waals surface area (Å²) in [6, 6.07) is 15.6. The molecule has 0 aromatic heterocycles. The molecule has 1 aliphatic rings. The standard InChI is InChI=1S/C20H17N3O3/c1-22(11-5-10-21)18(24)15-7-4-6-14(12-15)13-23-19(25)16-8-2-3-9-17(16)20(23)26/h2-4,6-9,12H,5,11,13H2,1H3. The minimum atomic E-state index is -0.325. The number of benzene rings is 2. The van der Waals surface area contributed by atoms with Crippen molar-refractivity contribution in [2.75, 3.05) is 13.6 Å². The Labute approximate surface area is 151 Å². The predicted octanol–water partition coefficient (Wildman–Crippen LogP) is 2.47. The zero-order valence-electron chi connectivity index (χ0n) is 14.3. The summed E-state index contributed by atoms with van der Waals surface area (Å²) < 4.78 is 0. The first-order valence-corrected chi connectivity index (χ1v) is 8.19. The maximum Gasteiger partial charge on any atom is 0.261 e. The van der Waals surface area contributed by atoms with Crippen LogP contribution in [0.3, 0.4) is 0 Å². The highest BCUT2D eigenvalue weighted by Gasteiger charge is 2.35. The third kappa shape index (κ3) is 3.20. The maximum atomic E-state index is 12.5. The Morgan fingerprint density at radius 2 is 1.73 bits per heavy atom. The lowest BCUT2D eigenvalue weighted by atomic mass is 10.1. The highest BCUT2D eigenvalue weighted by Crippen LogP contribution is 2.24. The molecule has 6 nitrogen and oxygen atoms in total. The molecule has 2 aromatic carbocycles. The van der Waals surface area contributed by atoms with Crippen molar-refractivity contribution in [1.82, 2.24) is 9.80 Å². The molecule has 26 heavy (non-hydrogen) atoms. The van der Waals surface area contributed by atoms with Crippen molar-refractivity contribution in [3.05, 3.63) is 70.8 Å². The Balaban J connectivity index is 1.78. The van der Waals surface area contributed by atoms with Crippen LogP contribution in [-0.2, 0) is 6.54 Å². The molecule has 6 heteroatoms. The Morgan fingerprint density at radius 3 is 2.35 bits per heavy atom. The summed E-state index contributed by atoms with van der Waals surface area (Å²) in [5.74, 6) is -0.855. The van der Waals surface area contributed by atoms with Crippen molar-refractivity contribution in [2.24, 2.45) is 0 Å². The Hall–Kier alpha value is -3.46. The summed E-state index contributed by atoms with van der Waals surface area (Å²) in [6.07, 6.45) is 0.261. The number of carbonyl (C=O) groups is 3. The van der Waals surface area contributed by atoms with Gasteiger partial charge in [-0.15, -0.1) is 0 Å². The number of rotatable bonds is 5. The third-order valence-electron chi connectivity index (χ3n) is 4.30. The fourth-order valence-corrected chi connectivity index (χ4v) is 2.91. The van der Waals surface area contributed by atoms with Gasteiger partial charge < -0.3 is 4.90 Å². The molecule has 0 radical (unpaired) electrons. The maximum absolute atomic E-state index is 12.5. The zero-order valence-corrected chi connectivity index (χ0v) is 14.3. The molecule has 2 aromatic rings. The number of fused-ring (bicyclic) bond motifs is 1. The lowest BCUT2D eigenvalue weighted by Gasteiger charge is -2.17. The van der Waals surface area contributed by atoms with Crippen molar-refractivity contribution in [3.63, 3.8) is 0 Å². The Bertz CT molecular complexity index is 895. The SMILES string of the molecule is CN(CCC#N)C(=O)c1cccc(CN2C(=O)c3ccccc3C2=O)c1. The van der Waals surface area contributed by atoms with Crippen LogP contribution >= 0.6 is 0 Å². The highest BCUT2D eigenvalue weighted by atomic mass is 16.2. The van der Waals surface area contributed by atoms with Crippen LogP contribution in [0.2, 0.25) is 0 Å². The van der Waals surface area contributed by atoms with E-state index in [1.165, 1.54) is 9.80 Å². The number of amides is 3. The number of hydrogen-bond donors (Lipinski definition) is 0. The molecule has 0 spiro atoms. The summed E-state index contributed by atoms with van der Waals surface area (Å²) in [6.45, 7) is 0.452. The Morgan fingerprint density at radius 1 is 1.08 bits per heavy atom. The molecule has 3 rings (SSSR count). The molecule has 0 unspecified atom stereocenters. The van der Waals surface area contributed by atoms with Crippen molar-refractivity contribution < 1.29 is 14.4 Å². The molecule has 130 valence electrons. The number of nitrogens with zero attached hydrogens (tertiary/aromatic N) is 3. The van der Waals surface area contributed by atoms with Gasteiger partial charge in [-0.3, -0.25) is 19.3 Å². The summed E-state index contributed by atoms with van der Waals surface area (Å²) in [5, 5.41) is 8.64. The van der Waals surface area contributed by atoms with E-state index in [-0.39, 0.29) is 30.7 Å². The van der Waals surface area contributed by atoms with Crippen molar-refractivity contribution in [3.8, 4) is 6.07 Å². The first kappa shape index (κ1) is 17.4. The molecule has 0 N–H and O–H groups in total. The average molecular weight is 347 g/mol. The van der Waals surface area contributed by atoms with Crippen molar-refractivity contribution in [1.29, 1.82) is 5.26 Å². The van der Waals surface area contributed by atoms with E-state index in [0.717, 1.165) is 0 Å². The highest BCUT2D eigenvalue weighted by molar-refractivity contribution is 6.21. The van der Waals surface area contributed by atoms with Crippen molar-refractivity contribution >= 4 is 17.7 Å². The van der Waals surface area contributed by atoms with Crippen LogP contribution < -0.4 is 0 Å². The predicted molar refractivity (Wildman–Crippen MR) is 94.3 cm³/mol. The van der Waals surface area contributed by atoms with Crippen LogP contribution in [0.25, 0.3) is 0 Å². The van der Waals surface area contributed by atoms with Gasteiger partial charge in [0.05, 0.1) is 30.2 Å². The molecule has 0 bridgehead atoms. The van der Waals surface area contributed by atoms with Crippen LogP contribution in [0.5, 0.6) is 0 Å². The molecule has 1 heterocycles. The minimum absolute atomic E-state index is 0.107. The molecule has 3 amide bonds. The van der Waals surface area contributed by atoms with Gasteiger partial charge in [-0.1, -0.05) is 24.3 Å². The molecular weight excluding hydrogens is 330 g/mol. The van der Waals surface area contributed by atoms with E-state index in [2.05, 4.69) is 0 Å². The van der Waals surface area contributed by atoms with Gasteiger partial charge in [0.1, 0.15) is 0 Å². The van der Waals surface area contributed by atoms with Crippen LogP contribution in [0, 0.1) is 11.3 Å². The van der Waals surface area contributed by atoms with Gasteiger partial charge in [-0.05, 0) is 29.8 Å². The first-order chi connectivity index (χ1) is 12.5. The van der Waals surface area contributed by atoms with Gasteiger partial charge >= 0.3 is 0 Å². The smallest absolute Gasteiger partial charge is 0.261 e. The summed E-state index contributed by atoms with van der Waals surface area (Å²) >= 11 is 0. The summed E-state index contributed by atoms with van der Waals surface area (Å²) in [5.41, 5.74) is 1.96. The largest absolute Gasteiger partial charge is 0.341 e. The Kier molecular flexibility index (Phi) is 4.81. The summed E-state index contributed by atoms with van der Waals surface area (Å²) in [7, 11) is 1.64. The molecule has 1 aliphatic heterocycles. The van der Waals surface area contributed by atoms with Crippen LogP contribution in [0.1, 0.15) is 43.1 Å². The molecule has 0 fully saturated rings. The van der Waals surface area contributed by atoms with E-state index in [0.29, 0.717) is 28.8 Å². The van der Waals surface area contributed by atoms with Crippen molar-refractivity contribution in [2.45, 2.75) is 13.0 Å². The second-order valence-corrected chi connectivity index (χ2v) is 6.08. The fraction of sp³-hybridized carbons (Fsp3) is 0.200. The van der Waals surface area contributed by atoms with Gasteiger partial charge in [0.2, 0.25) is 0 Å². The second kappa shape index (κ2) is 7.19. The van der Waals surface area contributed by atoms with Gasteiger partial charge in [0, 0.05) is 19.2 Å². The third-order valence-corrected chi connectivity index (χ3v) is 4.30. The van der Waals surface area contributed by atoms with Gasteiger partial charge in [0.25, 0.3) is 17.7 Å². The van der Waals surface area contributed by atoms with Crippen LogP contribution in [-0.4, -0.2) is 41.1 Å². The number of imide groups is 1. The number of carbonyl (C=O) groups excluding carboxylic acids is 3. The first-order valence-electron chi connectivity index (χ1n) is 8.19. The molecule has 0 atom stereocenters. The second-order valence-electron chi connectivity index (χ2n) is 6.08. The van der Waals surface area contributed by atoms with E-state index >= 15 is 0 Å². The lowest BCUT2D eigenvalue weighted by Crippen LogP contribution is -2.30. The number of nitriles is 1. The zero-order chi connectivity index (χ0) is 18.7. The van der Waals surface area contributed by atoms with E-state index in [1.54, 1.807) is 55.6 Å². The fourth-order valence-electron chi connectivity index (χ4n) is 2.91. The molecule has 0 saturated carbocycles. The number of hydrogen-bond acceptors (Lipinski definition) is 4. The van der Waals surface area contributed by atoms with Gasteiger partial charge in [0.15, 0.2) is 0 Å². The van der Waals surface area contributed by atoms with Crippen LogP contribution in [0.15, 0.2) is 48.5 Å². The molecular formula is C20H17N3O3. The van der Waals surface area contributed by atoms with Gasteiger partial charge in [-0.2, -0.15) is 5.26 Å². The minimum Gasteiger partial charge on any atom is -0.341 e.